The van der Waals surface area contributed by atoms with Crippen molar-refractivity contribution in [2.24, 2.45) is 0 Å². The highest BCUT2D eigenvalue weighted by Gasteiger charge is 1.98. The first-order valence-corrected chi connectivity index (χ1v) is 9.67. The molecule has 0 unspecified atom stereocenters. The van der Waals surface area contributed by atoms with Crippen molar-refractivity contribution in [2.45, 2.75) is 12.8 Å². The summed E-state index contributed by atoms with van der Waals surface area (Å²) in [6.45, 7) is 3.08. The van der Waals surface area contributed by atoms with E-state index in [0.717, 1.165) is 39.0 Å². The number of hydrogen-bond acceptors (Lipinski definition) is 2. The van der Waals surface area contributed by atoms with Crippen molar-refractivity contribution in [3.05, 3.63) is 71.8 Å². The predicted octanol–water partition coefficient (Wildman–Crippen LogP) is 2.40. The summed E-state index contributed by atoms with van der Waals surface area (Å²) in [5.41, 5.74) is 2.60. The summed E-state index contributed by atoms with van der Waals surface area (Å²) < 4.78 is 0. The summed E-state index contributed by atoms with van der Waals surface area (Å²) in [4.78, 5) is 0. The van der Waals surface area contributed by atoms with E-state index in [2.05, 4.69) is 45.5 Å². The third kappa shape index (κ3) is 8.78. The summed E-state index contributed by atoms with van der Waals surface area (Å²) in [6.07, 6.45) is 1.91. The predicted molar refractivity (Wildman–Crippen MR) is 117 cm³/mol. The Balaban J connectivity index is 1.46. The average molecular weight is 387 g/mol. The zero-order chi connectivity index (χ0) is 18.5. The van der Waals surface area contributed by atoms with E-state index >= 15 is 0 Å². The van der Waals surface area contributed by atoms with E-state index in [1.54, 1.807) is 0 Å². The van der Waals surface area contributed by atoms with Gasteiger partial charge in [-0.25, -0.2) is 0 Å². The van der Waals surface area contributed by atoms with E-state index in [1.807, 2.05) is 36.4 Å². The van der Waals surface area contributed by atoms with Crippen LogP contribution in [-0.2, 0) is 12.8 Å². The summed E-state index contributed by atoms with van der Waals surface area (Å²) in [5.74, 6) is 0. The van der Waals surface area contributed by atoms with Crippen molar-refractivity contribution in [3.8, 4) is 0 Å². The van der Waals surface area contributed by atoms with E-state index in [9.17, 15) is 0 Å². The topological polar surface area (TPSA) is 48.1 Å². The summed E-state index contributed by atoms with van der Waals surface area (Å²) in [5, 5.41) is 14.1. The fraction of sp³-hybridized carbons (Fsp3) is 0.300. The van der Waals surface area contributed by atoms with E-state index in [1.165, 1.54) is 11.1 Å². The molecular formula is C20H26N4S2. The summed E-state index contributed by atoms with van der Waals surface area (Å²) >= 11 is 10.5. The van der Waals surface area contributed by atoms with Gasteiger partial charge in [-0.1, -0.05) is 60.7 Å². The smallest absolute Gasteiger partial charge is 0.166 e. The Bertz CT molecular complexity index is 603. The monoisotopic (exact) mass is 386 g/mol. The molecule has 26 heavy (non-hydrogen) atoms. The lowest BCUT2D eigenvalue weighted by molar-refractivity contribution is 0.760. The molecule has 2 rings (SSSR count). The Morgan fingerprint density at radius 2 is 0.885 bits per heavy atom. The lowest BCUT2D eigenvalue weighted by atomic mass is 10.1. The molecule has 4 nitrogen and oxygen atoms in total. The maximum absolute atomic E-state index is 5.27. The minimum Gasteiger partial charge on any atom is -0.362 e. The maximum atomic E-state index is 5.27. The van der Waals surface area contributed by atoms with E-state index < -0.39 is 0 Å². The van der Waals surface area contributed by atoms with Crippen LogP contribution < -0.4 is 21.3 Å². The lowest BCUT2D eigenvalue weighted by Gasteiger charge is -2.13. The van der Waals surface area contributed by atoms with Crippen LogP contribution in [0, 0.1) is 0 Å². The van der Waals surface area contributed by atoms with Crippen LogP contribution in [0.1, 0.15) is 11.1 Å². The van der Waals surface area contributed by atoms with Crippen LogP contribution in [0.15, 0.2) is 60.7 Å². The number of thiocarbonyl (C=S) groups is 2. The standard InChI is InChI=1S/C20H26N4S2/c25-19(21-13-11-17-7-3-1-4-8-17)23-15-16-24-20(26)22-14-12-18-9-5-2-6-10-18/h1-10H,11-16H2,(H2,21,23,25)(H2,22,24,26). The zero-order valence-electron chi connectivity index (χ0n) is 14.8. The van der Waals surface area contributed by atoms with Gasteiger partial charge in [-0.2, -0.15) is 0 Å². The minimum atomic E-state index is 0.672. The molecule has 2 aromatic rings. The Labute approximate surface area is 166 Å². The van der Waals surface area contributed by atoms with Crippen molar-refractivity contribution < 1.29 is 0 Å². The van der Waals surface area contributed by atoms with E-state index in [-0.39, 0.29) is 0 Å². The van der Waals surface area contributed by atoms with Crippen LogP contribution in [0.5, 0.6) is 0 Å². The van der Waals surface area contributed by atoms with Crippen molar-refractivity contribution in [3.63, 3.8) is 0 Å². The highest BCUT2D eigenvalue weighted by Crippen LogP contribution is 1.98. The normalized spacial score (nSPS) is 10.0. The molecule has 6 heteroatoms. The Hall–Kier alpha value is -2.18. The van der Waals surface area contributed by atoms with Gasteiger partial charge >= 0.3 is 0 Å². The molecule has 0 saturated carbocycles. The van der Waals surface area contributed by atoms with Gasteiger partial charge in [-0.15, -0.1) is 0 Å². The highest BCUT2D eigenvalue weighted by atomic mass is 32.1. The van der Waals surface area contributed by atoms with Crippen molar-refractivity contribution in [1.29, 1.82) is 0 Å². The number of hydrogen-bond donors (Lipinski definition) is 4. The van der Waals surface area contributed by atoms with Crippen molar-refractivity contribution >= 4 is 34.7 Å². The molecule has 0 amide bonds. The molecule has 4 N–H and O–H groups in total. The largest absolute Gasteiger partial charge is 0.362 e. The molecule has 0 aliphatic rings. The van der Waals surface area contributed by atoms with Crippen LogP contribution in [-0.4, -0.2) is 36.4 Å². The molecule has 0 radical (unpaired) electrons. The molecular weight excluding hydrogens is 360 g/mol. The number of nitrogens with one attached hydrogen (secondary N) is 4. The zero-order valence-corrected chi connectivity index (χ0v) is 16.5. The van der Waals surface area contributed by atoms with Crippen molar-refractivity contribution in [2.75, 3.05) is 26.2 Å². The van der Waals surface area contributed by atoms with Gasteiger partial charge < -0.3 is 21.3 Å². The summed E-state index contributed by atoms with van der Waals surface area (Å²) in [7, 11) is 0. The number of benzene rings is 2. The molecule has 138 valence electrons. The third-order valence-corrected chi connectivity index (χ3v) is 4.36. The van der Waals surface area contributed by atoms with Crippen LogP contribution in [0.25, 0.3) is 0 Å². The van der Waals surface area contributed by atoms with Gasteiger partial charge in [-0.3, -0.25) is 0 Å². The first-order chi connectivity index (χ1) is 12.7. The molecule has 0 aliphatic heterocycles. The SMILES string of the molecule is S=C(NCCNC(=S)NCCc1ccccc1)NCCc1ccccc1. The maximum Gasteiger partial charge on any atom is 0.166 e. The highest BCUT2D eigenvalue weighted by molar-refractivity contribution is 7.80. The van der Waals surface area contributed by atoms with E-state index in [0.29, 0.717) is 10.2 Å². The second-order valence-corrected chi connectivity index (χ2v) is 6.65. The second kappa shape index (κ2) is 12.2. The molecule has 0 spiro atoms. The Morgan fingerprint density at radius 3 is 1.27 bits per heavy atom. The molecule has 0 saturated heterocycles. The molecule has 2 aromatic carbocycles. The minimum absolute atomic E-state index is 0.672. The third-order valence-electron chi connectivity index (χ3n) is 3.78. The number of rotatable bonds is 9. The molecule has 0 bridgehead atoms. The molecule has 0 heterocycles. The molecule has 0 aliphatic carbocycles. The molecule has 0 fully saturated rings. The van der Waals surface area contributed by atoms with Gasteiger partial charge in [0.2, 0.25) is 0 Å². The fourth-order valence-corrected chi connectivity index (χ4v) is 2.82. The summed E-state index contributed by atoms with van der Waals surface area (Å²) in [6, 6.07) is 20.7. The quantitative estimate of drug-likeness (QED) is 0.392. The van der Waals surface area contributed by atoms with Gasteiger partial charge in [0.15, 0.2) is 10.2 Å². The van der Waals surface area contributed by atoms with Crippen LogP contribution >= 0.6 is 24.4 Å². The van der Waals surface area contributed by atoms with Gasteiger partial charge in [0.05, 0.1) is 0 Å². The van der Waals surface area contributed by atoms with Crippen LogP contribution in [0.4, 0.5) is 0 Å². The first-order valence-electron chi connectivity index (χ1n) is 8.85. The van der Waals surface area contributed by atoms with Gasteiger partial charge in [0, 0.05) is 26.2 Å². The average Bonchev–Trinajstić information content (AvgIpc) is 2.67. The van der Waals surface area contributed by atoms with Gasteiger partial charge in [0.25, 0.3) is 0 Å². The van der Waals surface area contributed by atoms with Crippen LogP contribution in [0.2, 0.25) is 0 Å². The van der Waals surface area contributed by atoms with Gasteiger partial charge in [-0.05, 0) is 48.4 Å². The van der Waals surface area contributed by atoms with Crippen LogP contribution in [0.3, 0.4) is 0 Å². The lowest BCUT2D eigenvalue weighted by Crippen LogP contribution is -2.43. The van der Waals surface area contributed by atoms with E-state index in [4.69, 9.17) is 24.4 Å². The first kappa shape index (κ1) is 20.1. The Kier molecular flexibility index (Phi) is 9.46. The van der Waals surface area contributed by atoms with Gasteiger partial charge in [0.1, 0.15) is 0 Å². The fourth-order valence-electron chi connectivity index (χ4n) is 2.41. The Morgan fingerprint density at radius 1 is 0.538 bits per heavy atom. The second-order valence-electron chi connectivity index (χ2n) is 5.84. The molecule has 0 aromatic heterocycles. The van der Waals surface area contributed by atoms with Crippen molar-refractivity contribution in [1.82, 2.24) is 21.3 Å². The molecule has 0 atom stereocenters.